The third kappa shape index (κ3) is 136. The third-order valence-corrected chi connectivity index (χ3v) is 0.778. The summed E-state index contributed by atoms with van der Waals surface area (Å²) in [6.07, 6.45) is 14.0. The molecule has 0 saturated heterocycles. The van der Waals surface area contributed by atoms with E-state index in [2.05, 4.69) is 20.0 Å². The van der Waals surface area contributed by atoms with Gasteiger partial charge in [0.15, 0.2) is 0 Å². The average molecular weight is 372 g/mol. The molecule has 0 aromatic heterocycles. The van der Waals surface area contributed by atoms with Crippen LogP contribution in [0.1, 0.15) is 0 Å². The Kier molecular flexibility index (Phi) is 22.8. The quantitative estimate of drug-likeness (QED) is 0.195. The molecule has 0 spiro atoms. The van der Waals surface area contributed by atoms with Gasteiger partial charge in [0.2, 0.25) is 0 Å². The summed E-state index contributed by atoms with van der Waals surface area (Å²) in [5.41, 5.74) is 0. The predicted molar refractivity (Wildman–Crippen MR) is 55.5 cm³/mol. The van der Waals surface area contributed by atoms with E-state index in [1.165, 1.54) is 0 Å². The Labute approximate surface area is 130 Å². The molecular formula is C10H7CrF6O3P+. The van der Waals surface area contributed by atoms with Crippen LogP contribution in [0, 0.1) is 64.9 Å². The minimum atomic E-state index is -10.7. The van der Waals surface area contributed by atoms with E-state index in [0.717, 1.165) is 0 Å². The maximum atomic E-state index is 9.87. The number of hydrogen-bond acceptors (Lipinski definition) is 0. The van der Waals surface area contributed by atoms with Crippen LogP contribution in [-0.2, 0) is 31.3 Å². The Morgan fingerprint density at radius 3 is 0.571 bits per heavy atom. The van der Waals surface area contributed by atoms with Crippen LogP contribution in [0.2, 0.25) is 0 Å². The number of rotatable bonds is 0. The largest absolute Gasteiger partial charge is 2.00 e. The van der Waals surface area contributed by atoms with Gasteiger partial charge in [-0.1, -0.05) is 0 Å². The van der Waals surface area contributed by atoms with Crippen LogP contribution in [0.25, 0.3) is 0 Å². The molecule has 1 saturated carbocycles. The van der Waals surface area contributed by atoms with Gasteiger partial charge in [-0.15, -0.1) is 0 Å². The van der Waals surface area contributed by atoms with Crippen molar-refractivity contribution in [1.29, 1.82) is 0 Å². The second-order valence-electron chi connectivity index (χ2n) is 2.31. The van der Waals surface area contributed by atoms with Crippen LogP contribution in [-0.4, -0.2) is 0 Å². The topological polar surface area (TPSA) is 59.7 Å². The summed E-state index contributed by atoms with van der Waals surface area (Å²) >= 11 is 0. The van der Waals surface area contributed by atoms with Crippen LogP contribution in [0.4, 0.5) is 25.2 Å². The molecule has 117 valence electrons. The first-order chi connectivity index (χ1) is 8.95. The molecule has 0 bridgehead atoms. The molecule has 0 N–H and O–H groups in total. The summed E-state index contributed by atoms with van der Waals surface area (Å²) in [7, 11) is -10.7. The van der Waals surface area contributed by atoms with E-state index in [0.29, 0.717) is 0 Å². The van der Waals surface area contributed by atoms with Gasteiger partial charge >= 0.3 is 84.3 Å². The van der Waals surface area contributed by atoms with E-state index in [9.17, 15) is 25.2 Å². The molecule has 0 unspecified atom stereocenters. The third-order valence-electron chi connectivity index (χ3n) is 0.778. The Hall–Kier alpha value is -0.238. The van der Waals surface area contributed by atoms with Gasteiger partial charge in [-0.2, -0.15) is 0 Å². The minimum Gasteiger partial charge on any atom is -0.0312 e. The second kappa shape index (κ2) is 14.7. The van der Waals surface area contributed by atoms with Crippen molar-refractivity contribution in [1.82, 2.24) is 0 Å². The van der Waals surface area contributed by atoms with Crippen LogP contribution >= 0.6 is 7.81 Å². The fraction of sp³-hybridized carbons (Fsp3) is 0. The van der Waals surface area contributed by atoms with Crippen LogP contribution < -0.4 is 0 Å². The zero-order chi connectivity index (χ0) is 17.4. The molecule has 0 amide bonds. The zero-order valence-electron chi connectivity index (χ0n) is 9.89. The fourth-order valence-electron chi connectivity index (χ4n) is 0.449. The number of hydrogen-bond donors (Lipinski definition) is 0. The summed E-state index contributed by atoms with van der Waals surface area (Å²) in [6, 6.07) is 0. The average Bonchev–Trinajstić information content (AvgIpc) is 2.65. The van der Waals surface area contributed by atoms with E-state index < -0.39 is 7.81 Å². The van der Waals surface area contributed by atoms with Gasteiger partial charge in [-0.3, -0.25) is 0 Å². The van der Waals surface area contributed by atoms with Crippen molar-refractivity contribution in [3.05, 3.63) is 64.9 Å². The molecule has 11 heteroatoms. The summed E-state index contributed by atoms with van der Waals surface area (Å²) in [4.78, 5) is 0. The molecule has 1 aliphatic carbocycles. The molecule has 0 aromatic rings. The second-order valence-corrected chi connectivity index (χ2v) is 4.22. The van der Waals surface area contributed by atoms with Crippen molar-refractivity contribution in [2.75, 3.05) is 0 Å². The minimum absolute atomic E-state index is 0. The van der Waals surface area contributed by atoms with Gasteiger partial charge in [-0.25, -0.2) is 0 Å². The number of halogens is 6. The monoisotopic (exact) mass is 372 g/mol. The van der Waals surface area contributed by atoms with Gasteiger partial charge in [-0.05, 0) is 44.9 Å². The van der Waals surface area contributed by atoms with Gasteiger partial charge < -0.3 is 0 Å². The Morgan fingerprint density at radius 2 is 0.524 bits per heavy atom. The first-order valence-electron chi connectivity index (χ1n) is 3.96. The Morgan fingerprint density at radius 1 is 0.476 bits per heavy atom. The standard InChI is InChI=1S/C7H7.3CO.Cr.F6P/c1-2-4-6-7-5-3-1;3*1-2;;1-7(2,3,4,5)6/h1-7H;;;;;/q;;;;+2;-1. The molecule has 0 aliphatic heterocycles. The van der Waals surface area contributed by atoms with E-state index in [1.807, 2.05) is 44.9 Å². The predicted octanol–water partition coefficient (Wildman–Crippen LogP) is 4.70. The van der Waals surface area contributed by atoms with Gasteiger partial charge in [0.05, 0.1) is 0 Å². The maximum absolute atomic E-state index is 10.7. The Bertz CT molecular complexity index is 239. The van der Waals surface area contributed by atoms with Crippen molar-refractivity contribution < 1.29 is 56.5 Å². The molecule has 0 heterocycles. The molecule has 1 rings (SSSR count). The molecule has 0 aromatic carbocycles. The SMILES string of the molecule is F[P-](F)(F)(F)(F)F.[C-]#[O+].[C-]#[O+].[C-]#[O+].[CH]1[CH][CH][CH][CH][CH][CH]1.[Cr+2]. The first-order valence-corrected chi connectivity index (χ1v) is 5.99. The van der Waals surface area contributed by atoms with E-state index in [-0.39, 0.29) is 17.4 Å². The summed E-state index contributed by atoms with van der Waals surface area (Å²) < 4.78 is 81.7. The van der Waals surface area contributed by atoms with Crippen molar-refractivity contribution in [3.8, 4) is 0 Å². The maximum Gasteiger partial charge on any atom is 2.00 e. The Balaban J connectivity index is -0.0000000579. The summed E-state index contributed by atoms with van der Waals surface area (Å²) in [5, 5.41) is 0. The van der Waals surface area contributed by atoms with E-state index in [1.54, 1.807) is 0 Å². The molecule has 0 atom stereocenters. The zero-order valence-corrected chi connectivity index (χ0v) is 12.1. The smallest absolute Gasteiger partial charge is 0.0312 e. The molecule has 1 aliphatic rings. The van der Waals surface area contributed by atoms with E-state index >= 15 is 0 Å². The summed E-state index contributed by atoms with van der Waals surface area (Å²) in [5.74, 6) is 0. The van der Waals surface area contributed by atoms with Crippen molar-refractivity contribution in [3.63, 3.8) is 0 Å². The first kappa shape index (κ1) is 32.6. The molecular weight excluding hydrogens is 365 g/mol. The van der Waals surface area contributed by atoms with Crippen LogP contribution in [0.15, 0.2) is 0 Å². The van der Waals surface area contributed by atoms with Crippen molar-refractivity contribution >= 4 is 7.81 Å². The van der Waals surface area contributed by atoms with Gasteiger partial charge in [0.25, 0.3) is 0 Å². The normalized spacial score (nSPS) is 16.0. The van der Waals surface area contributed by atoms with Crippen molar-refractivity contribution in [2.45, 2.75) is 0 Å². The van der Waals surface area contributed by atoms with Crippen molar-refractivity contribution in [2.24, 2.45) is 0 Å². The molecule has 21 heavy (non-hydrogen) atoms. The molecule has 1 fully saturated rings. The molecule has 7 radical (unpaired) electrons. The van der Waals surface area contributed by atoms with Crippen LogP contribution in [0.5, 0.6) is 0 Å². The van der Waals surface area contributed by atoms with E-state index in [4.69, 9.17) is 14.0 Å². The van der Waals surface area contributed by atoms with Gasteiger partial charge in [0.1, 0.15) is 0 Å². The fourth-order valence-corrected chi connectivity index (χ4v) is 0.449. The van der Waals surface area contributed by atoms with Gasteiger partial charge in [0, 0.05) is 0 Å². The molecule has 3 nitrogen and oxygen atoms in total. The summed E-state index contributed by atoms with van der Waals surface area (Å²) in [6.45, 7) is 13.5. The van der Waals surface area contributed by atoms with Crippen LogP contribution in [0.3, 0.4) is 0 Å².